The van der Waals surface area contributed by atoms with Crippen LogP contribution in [-0.4, -0.2) is 25.9 Å². The van der Waals surface area contributed by atoms with Crippen molar-refractivity contribution < 1.29 is 19.0 Å². The molecule has 0 saturated heterocycles. The van der Waals surface area contributed by atoms with E-state index in [0.717, 1.165) is 4.57 Å². The summed E-state index contributed by atoms with van der Waals surface area (Å²) in [4.78, 5) is 26.7. The molecule has 6 rings (SSSR count). The third-order valence-corrected chi connectivity index (χ3v) is 6.83. The first-order chi connectivity index (χ1) is 17.8. The van der Waals surface area contributed by atoms with Crippen LogP contribution in [0.5, 0.6) is 17.2 Å². The number of para-hydroxylation sites is 2. The number of rotatable bonds is 3. The van der Waals surface area contributed by atoms with E-state index in [1.807, 2.05) is 28.8 Å². The normalized spacial score (nSPS) is 14.2. The van der Waals surface area contributed by atoms with Gasteiger partial charge in [0.25, 0.3) is 5.56 Å². The highest BCUT2D eigenvalue weighted by atomic mass is 19.1. The summed E-state index contributed by atoms with van der Waals surface area (Å²) in [6.45, 7) is 0. The third-order valence-electron chi connectivity index (χ3n) is 6.83. The van der Waals surface area contributed by atoms with Crippen molar-refractivity contribution in [3.63, 3.8) is 0 Å². The summed E-state index contributed by atoms with van der Waals surface area (Å²) in [6.07, 6.45) is -0.791. The van der Waals surface area contributed by atoms with Crippen LogP contribution in [-0.2, 0) is 14.1 Å². The maximum absolute atomic E-state index is 13.9. The Kier molecular flexibility index (Phi) is 4.98. The average Bonchev–Trinajstić information content (AvgIpc) is 3.27. The van der Waals surface area contributed by atoms with Crippen LogP contribution < -0.4 is 20.7 Å². The summed E-state index contributed by atoms with van der Waals surface area (Å²) < 4.78 is 29.9. The van der Waals surface area contributed by atoms with Crippen LogP contribution in [0.2, 0.25) is 0 Å². The minimum atomic E-state index is -0.791. The summed E-state index contributed by atoms with van der Waals surface area (Å²) in [5.41, 5.74) is 2.32. The Morgan fingerprint density at radius 2 is 1.70 bits per heavy atom. The lowest BCUT2D eigenvalue weighted by molar-refractivity contribution is 0.228. The van der Waals surface area contributed by atoms with Crippen molar-refractivity contribution >= 4 is 10.9 Å². The molecule has 0 bridgehead atoms. The topological polar surface area (TPSA) is 87.6 Å². The summed E-state index contributed by atoms with van der Waals surface area (Å²) in [5.74, 6) is 0.358. The molecule has 8 nitrogen and oxygen atoms in total. The molecule has 1 N–H and O–H groups in total. The highest BCUT2D eigenvalue weighted by molar-refractivity contribution is 5.98. The average molecular weight is 499 g/mol. The van der Waals surface area contributed by atoms with Gasteiger partial charge in [-0.2, -0.15) is 0 Å². The van der Waals surface area contributed by atoms with Gasteiger partial charge in [-0.05, 0) is 54.1 Å². The van der Waals surface area contributed by atoms with Crippen molar-refractivity contribution in [1.29, 1.82) is 0 Å². The molecule has 0 spiro atoms. The van der Waals surface area contributed by atoms with Crippen LogP contribution in [0, 0.1) is 5.82 Å². The highest BCUT2D eigenvalue weighted by Crippen LogP contribution is 2.47. The Labute approximate surface area is 210 Å². The molecule has 1 unspecified atom stereocenters. The van der Waals surface area contributed by atoms with Crippen molar-refractivity contribution in [2.75, 3.05) is 7.11 Å². The molecule has 1 atom stereocenters. The van der Waals surface area contributed by atoms with Gasteiger partial charge in [0.05, 0.1) is 35.1 Å². The number of fused-ring (bicyclic) bond motifs is 5. The summed E-state index contributed by atoms with van der Waals surface area (Å²) in [5, 5.41) is 10.8. The van der Waals surface area contributed by atoms with Crippen LogP contribution in [0.25, 0.3) is 27.8 Å². The molecule has 0 radical (unpaired) electrons. The van der Waals surface area contributed by atoms with Gasteiger partial charge >= 0.3 is 5.69 Å². The van der Waals surface area contributed by atoms with E-state index in [2.05, 4.69) is 0 Å². The van der Waals surface area contributed by atoms with Gasteiger partial charge in [0, 0.05) is 19.7 Å². The minimum Gasteiger partial charge on any atom is -0.504 e. The van der Waals surface area contributed by atoms with Gasteiger partial charge in [-0.25, -0.2) is 9.18 Å². The number of phenols is 1. The maximum atomic E-state index is 13.9. The zero-order valence-corrected chi connectivity index (χ0v) is 20.2. The molecule has 1 aliphatic rings. The Morgan fingerprint density at radius 1 is 0.973 bits per heavy atom. The van der Waals surface area contributed by atoms with Gasteiger partial charge < -0.3 is 19.1 Å². The number of hydrogen-bond donors (Lipinski definition) is 1. The molecule has 3 heterocycles. The van der Waals surface area contributed by atoms with Crippen LogP contribution in [0.15, 0.2) is 76.3 Å². The van der Waals surface area contributed by atoms with Crippen molar-refractivity contribution in [1.82, 2.24) is 13.7 Å². The second-order valence-corrected chi connectivity index (χ2v) is 8.90. The van der Waals surface area contributed by atoms with E-state index in [0.29, 0.717) is 50.6 Å². The number of aromatic nitrogens is 3. The third kappa shape index (κ3) is 3.20. The lowest BCUT2D eigenvalue weighted by Crippen LogP contribution is -2.37. The number of nitrogens with zero attached hydrogens (tertiary/aromatic N) is 3. The van der Waals surface area contributed by atoms with Crippen LogP contribution in [0.1, 0.15) is 17.4 Å². The van der Waals surface area contributed by atoms with Crippen molar-refractivity contribution in [3.05, 3.63) is 105 Å². The molecule has 3 aromatic carbocycles. The maximum Gasteiger partial charge on any atom is 0.331 e. The Morgan fingerprint density at radius 3 is 2.41 bits per heavy atom. The van der Waals surface area contributed by atoms with Crippen molar-refractivity contribution in [3.8, 4) is 34.2 Å². The Hall–Kier alpha value is -4.79. The van der Waals surface area contributed by atoms with E-state index in [-0.39, 0.29) is 5.75 Å². The Balaban J connectivity index is 1.82. The van der Waals surface area contributed by atoms with Gasteiger partial charge in [0.2, 0.25) is 0 Å². The number of methoxy groups -OCH3 is 1. The monoisotopic (exact) mass is 499 g/mol. The molecule has 1 aliphatic heterocycles. The molecule has 2 aromatic heterocycles. The molecule has 9 heteroatoms. The first-order valence-corrected chi connectivity index (χ1v) is 11.5. The summed E-state index contributed by atoms with van der Waals surface area (Å²) >= 11 is 0. The zero-order valence-electron chi connectivity index (χ0n) is 20.2. The number of hydrogen-bond acceptors (Lipinski definition) is 5. The summed E-state index contributed by atoms with van der Waals surface area (Å²) in [6, 6.07) is 18.2. The lowest BCUT2D eigenvalue weighted by Gasteiger charge is -2.30. The number of aryl methyl sites for hydroxylation is 1. The summed E-state index contributed by atoms with van der Waals surface area (Å²) in [7, 11) is 4.49. The van der Waals surface area contributed by atoms with Gasteiger partial charge in [-0.1, -0.05) is 18.2 Å². The van der Waals surface area contributed by atoms with Crippen LogP contribution in [0.4, 0.5) is 4.39 Å². The van der Waals surface area contributed by atoms with Gasteiger partial charge in [-0.3, -0.25) is 13.9 Å². The van der Waals surface area contributed by atoms with E-state index in [4.69, 9.17) is 9.47 Å². The van der Waals surface area contributed by atoms with E-state index in [9.17, 15) is 19.1 Å². The first kappa shape index (κ1) is 22.7. The number of benzene rings is 3. The second-order valence-electron chi connectivity index (χ2n) is 8.90. The molecule has 0 fully saturated rings. The molecule has 5 aromatic rings. The standard InChI is InChI=1S/C28H22FN3O5/c1-30-24-22(27(34)31(2)28(30)35)23(15-8-11-17(29)12-9-15)32-18-6-4-5-7-20(18)37-26(25(24)32)16-10-13-21(36-3)19(33)14-16/h4-14,26,33H,1-3H3. The SMILES string of the molecule is COc1ccc(C2Oc3ccccc3-n3c(-c4ccc(F)cc4)c4c(=O)n(C)c(=O)n(C)c4c32)cc1O. The minimum absolute atomic E-state index is 0.0755. The fraction of sp³-hybridized carbons (Fsp3) is 0.143. The predicted octanol–water partition coefficient (Wildman–Crippen LogP) is 4.03. The molecule has 0 saturated carbocycles. The molecular weight excluding hydrogens is 477 g/mol. The van der Waals surface area contributed by atoms with Crippen molar-refractivity contribution in [2.45, 2.75) is 6.10 Å². The van der Waals surface area contributed by atoms with E-state index >= 15 is 0 Å². The molecule has 0 amide bonds. The number of phenolic OH excluding ortho intramolecular Hbond substituents is 1. The fourth-order valence-electron chi connectivity index (χ4n) is 5.09. The molecule has 0 aliphatic carbocycles. The van der Waals surface area contributed by atoms with E-state index < -0.39 is 23.2 Å². The van der Waals surface area contributed by atoms with Gasteiger partial charge in [0.1, 0.15) is 11.6 Å². The van der Waals surface area contributed by atoms with Crippen LogP contribution >= 0.6 is 0 Å². The molecular formula is C28H22FN3O5. The number of aromatic hydroxyl groups is 1. The number of ether oxygens (including phenoxy) is 2. The lowest BCUT2D eigenvalue weighted by atomic mass is 10.0. The van der Waals surface area contributed by atoms with Gasteiger partial charge in [0.15, 0.2) is 17.6 Å². The largest absolute Gasteiger partial charge is 0.504 e. The number of halogens is 1. The van der Waals surface area contributed by atoms with E-state index in [1.54, 1.807) is 31.3 Å². The smallest absolute Gasteiger partial charge is 0.331 e. The van der Waals surface area contributed by atoms with Crippen molar-refractivity contribution in [2.24, 2.45) is 14.1 Å². The second kappa shape index (κ2) is 8.12. The fourth-order valence-corrected chi connectivity index (χ4v) is 5.09. The zero-order chi connectivity index (χ0) is 26.0. The Bertz CT molecular complexity index is 1830. The predicted molar refractivity (Wildman–Crippen MR) is 136 cm³/mol. The van der Waals surface area contributed by atoms with Gasteiger partial charge in [-0.15, -0.1) is 0 Å². The highest BCUT2D eigenvalue weighted by Gasteiger charge is 2.36. The molecule has 186 valence electrons. The first-order valence-electron chi connectivity index (χ1n) is 11.5. The quantitative estimate of drug-likeness (QED) is 0.405. The van der Waals surface area contributed by atoms with Crippen LogP contribution in [0.3, 0.4) is 0 Å². The molecule has 37 heavy (non-hydrogen) atoms. The van der Waals surface area contributed by atoms with E-state index in [1.165, 1.54) is 36.9 Å².